The number of hydrogen-bond donors (Lipinski definition) is 1. The highest BCUT2D eigenvalue weighted by Crippen LogP contribution is 2.01. The van der Waals surface area contributed by atoms with Crippen LogP contribution in [0.15, 0.2) is 0 Å². The van der Waals surface area contributed by atoms with Gasteiger partial charge in [-0.1, -0.05) is 6.92 Å². The predicted molar refractivity (Wildman–Crippen MR) is 41.4 cm³/mol. The molecule has 0 aliphatic rings. The maximum absolute atomic E-state index is 10.5. The molecule has 0 saturated heterocycles. The Labute approximate surface area is 65.5 Å². The van der Waals surface area contributed by atoms with Crippen LogP contribution in [-0.4, -0.2) is 16.7 Å². The molecule has 0 aliphatic heterocycles. The van der Waals surface area contributed by atoms with E-state index in [1.807, 2.05) is 6.92 Å². The van der Waals surface area contributed by atoms with Crippen molar-refractivity contribution in [1.29, 1.82) is 0 Å². The molecule has 0 heterocycles. The quantitative estimate of drug-likeness (QED) is 0.496. The van der Waals surface area contributed by atoms with E-state index in [0.717, 1.165) is 0 Å². The Morgan fingerprint density at radius 1 is 1.64 bits per heavy atom. The zero-order valence-electron chi connectivity index (χ0n) is 6.87. The van der Waals surface area contributed by atoms with Gasteiger partial charge in [-0.3, -0.25) is 14.9 Å². The Kier molecular flexibility index (Phi) is 6.67. The van der Waals surface area contributed by atoms with Crippen LogP contribution in [-0.2, 0) is 4.79 Å². The molecule has 11 heavy (non-hydrogen) atoms. The first-order valence-corrected chi connectivity index (χ1v) is 3.23. The van der Waals surface area contributed by atoms with Gasteiger partial charge in [-0.05, 0) is 6.42 Å². The van der Waals surface area contributed by atoms with Crippen LogP contribution in [0, 0.1) is 10.1 Å². The molecule has 0 saturated carbocycles. The second-order valence-corrected chi connectivity index (χ2v) is 2.20. The van der Waals surface area contributed by atoms with Crippen molar-refractivity contribution in [1.82, 2.24) is 6.15 Å². The van der Waals surface area contributed by atoms with Gasteiger partial charge in [0.2, 0.25) is 5.78 Å². The summed E-state index contributed by atoms with van der Waals surface area (Å²) in [5.74, 6) is -0.355. The zero-order valence-corrected chi connectivity index (χ0v) is 6.87. The summed E-state index contributed by atoms with van der Waals surface area (Å²) < 4.78 is 0. The first kappa shape index (κ1) is 12.7. The van der Waals surface area contributed by atoms with E-state index in [4.69, 9.17) is 0 Å². The second-order valence-electron chi connectivity index (χ2n) is 2.20. The number of Topliss-reactive ketones (excluding diaryl/α,β-unsaturated/α-hetero) is 1. The SMILES string of the molecule is CCCC(C(C)=O)[N+](=O)[O-].N. The lowest BCUT2D eigenvalue weighted by Gasteiger charge is -2.01. The third-order valence-electron chi connectivity index (χ3n) is 1.29. The van der Waals surface area contributed by atoms with Crippen LogP contribution in [0.3, 0.4) is 0 Å². The van der Waals surface area contributed by atoms with Crippen molar-refractivity contribution in [3.05, 3.63) is 10.1 Å². The highest BCUT2D eigenvalue weighted by Gasteiger charge is 2.23. The molecule has 0 radical (unpaired) electrons. The predicted octanol–water partition coefficient (Wildman–Crippen LogP) is 1.18. The Morgan fingerprint density at radius 2 is 2.09 bits per heavy atom. The molecule has 5 nitrogen and oxygen atoms in total. The number of ketones is 1. The summed E-state index contributed by atoms with van der Waals surface area (Å²) >= 11 is 0. The van der Waals surface area contributed by atoms with E-state index in [9.17, 15) is 14.9 Å². The normalized spacial score (nSPS) is 11.5. The van der Waals surface area contributed by atoms with Gasteiger partial charge >= 0.3 is 0 Å². The molecule has 1 atom stereocenters. The second kappa shape index (κ2) is 5.79. The van der Waals surface area contributed by atoms with Crippen LogP contribution in [0.25, 0.3) is 0 Å². The van der Waals surface area contributed by atoms with Crippen molar-refractivity contribution < 1.29 is 9.72 Å². The van der Waals surface area contributed by atoms with Gasteiger partial charge in [0.1, 0.15) is 0 Å². The van der Waals surface area contributed by atoms with Crippen molar-refractivity contribution in [3.8, 4) is 0 Å². The smallest absolute Gasteiger partial charge is 0.269 e. The van der Waals surface area contributed by atoms with E-state index in [0.29, 0.717) is 12.8 Å². The number of nitrogens with zero attached hydrogens (tertiary/aromatic N) is 1. The number of hydrogen-bond acceptors (Lipinski definition) is 4. The minimum atomic E-state index is -0.981. The average Bonchev–Trinajstić information content (AvgIpc) is 1.81. The van der Waals surface area contributed by atoms with Gasteiger partial charge in [0, 0.05) is 18.3 Å². The number of carbonyl (C=O) groups is 1. The van der Waals surface area contributed by atoms with Gasteiger partial charge in [-0.25, -0.2) is 0 Å². The fraction of sp³-hybridized carbons (Fsp3) is 0.833. The molecule has 3 N–H and O–H groups in total. The first-order valence-electron chi connectivity index (χ1n) is 3.23. The maximum Gasteiger partial charge on any atom is 0.269 e. The van der Waals surface area contributed by atoms with E-state index in [-0.39, 0.29) is 11.9 Å². The number of carbonyl (C=O) groups excluding carboxylic acids is 1. The average molecular weight is 162 g/mol. The minimum absolute atomic E-state index is 0. The van der Waals surface area contributed by atoms with Crippen molar-refractivity contribution in [2.45, 2.75) is 32.7 Å². The highest BCUT2D eigenvalue weighted by atomic mass is 16.6. The Balaban J connectivity index is 0. The van der Waals surface area contributed by atoms with Crippen LogP contribution in [0.5, 0.6) is 0 Å². The summed E-state index contributed by atoms with van der Waals surface area (Å²) in [4.78, 5) is 20.1. The van der Waals surface area contributed by atoms with Crippen LogP contribution >= 0.6 is 0 Å². The monoisotopic (exact) mass is 162 g/mol. The maximum atomic E-state index is 10.5. The van der Waals surface area contributed by atoms with Crippen molar-refractivity contribution in [2.24, 2.45) is 0 Å². The molecule has 0 fully saturated rings. The van der Waals surface area contributed by atoms with E-state index >= 15 is 0 Å². The molecule has 0 spiro atoms. The van der Waals surface area contributed by atoms with E-state index in [2.05, 4.69) is 0 Å². The fourth-order valence-electron chi connectivity index (χ4n) is 0.731. The van der Waals surface area contributed by atoms with Crippen molar-refractivity contribution >= 4 is 5.78 Å². The molecule has 5 heteroatoms. The molecular weight excluding hydrogens is 148 g/mol. The minimum Gasteiger partial charge on any atom is -0.344 e. The Bertz CT molecular complexity index is 133. The molecule has 0 amide bonds. The molecule has 0 aromatic carbocycles. The lowest BCUT2D eigenvalue weighted by Crippen LogP contribution is -2.26. The zero-order chi connectivity index (χ0) is 8.15. The standard InChI is InChI=1S/C6H11NO3.H3N/c1-3-4-6(5(2)8)7(9)10;/h6H,3-4H2,1-2H3;1H3. The summed E-state index contributed by atoms with van der Waals surface area (Å²) in [5, 5.41) is 10.1. The molecule has 0 aromatic rings. The van der Waals surface area contributed by atoms with Crippen LogP contribution in [0.1, 0.15) is 26.7 Å². The summed E-state index contributed by atoms with van der Waals surface area (Å²) in [6.07, 6.45) is 1.02. The molecule has 0 aliphatic carbocycles. The van der Waals surface area contributed by atoms with E-state index in [1.165, 1.54) is 6.92 Å². The summed E-state index contributed by atoms with van der Waals surface area (Å²) in [7, 11) is 0. The van der Waals surface area contributed by atoms with Gasteiger partial charge in [0.15, 0.2) is 0 Å². The molecular formula is C6H14N2O3. The fourth-order valence-corrected chi connectivity index (χ4v) is 0.731. The summed E-state index contributed by atoms with van der Waals surface area (Å²) in [5.41, 5.74) is 0. The van der Waals surface area contributed by atoms with Crippen molar-refractivity contribution in [3.63, 3.8) is 0 Å². The Hall–Kier alpha value is -0.970. The third-order valence-corrected chi connectivity index (χ3v) is 1.29. The lowest BCUT2D eigenvalue weighted by molar-refractivity contribution is -0.508. The van der Waals surface area contributed by atoms with Crippen LogP contribution in [0.4, 0.5) is 0 Å². The van der Waals surface area contributed by atoms with Crippen LogP contribution < -0.4 is 6.15 Å². The number of rotatable bonds is 4. The van der Waals surface area contributed by atoms with Gasteiger partial charge in [0.25, 0.3) is 6.04 Å². The van der Waals surface area contributed by atoms with Gasteiger partial charge < -0.3 is 6.15 Å². The van der Waals surface area contributed by atoms with Gasteiger partial charge in [0.05, 0.1) is 0 Å². The molecule has 66 valence electrons. The first-order chi connectivity index (χ1) is 4.59. The third kappa shape index (κ3) is 4.44. The van der Waals surface area contributed by atoms with E-state index in [1.54, 1.807) is 0 Å². The van der Waals surface area contributed by atoms with Gasteiger partial charge in [-0.15, -0.1) is 0 Å². The molecule has 0 rings (SSSR count). The molecule has 0 aromatic heterocycles. The van der Waals surface area contributed by atoms with Crippen molar-refractivity contribution in [2.75, 3.05) is 0 Å². The van der Waals surface area contributed by atoms with Gasteiger partial charge in [-0.2, -0.15) is 0 Å². The lowest BCUT2D eigenvalue weighted by atomic mass is 10.1. The highest BCUT2D eigenvalue weighted by molar-refractivity contribution is 5.79. The molecule has 0 bridgehead atoms. The number of nitro groups is 1. The Morgan fingerprint density at radius 3 is 2.18 bits per heavy atom. The van der Waals surface area contributed by atoms with Crippen LogP contribution in [0.2, 0.25) is 0 Å². The summed E-state index contributed by atoms with van der Waals surface area (Å²) in [6, 6.07) is -0.981. The summed E-state index contributed by atoms with van der Waals surface area (Å²) in [6.45, 7) is 3.07. The van der Waals surface area contributed by atoms with E-state index < -0.39 is 11.0 Å². The topological polar surface area (TPSA) is 95.2 Å². The molecule has 1 unspecified atom stereocenters. The largest absolute Gasteiger partial charge is 0.344 e.